The quantitative estimate of drug-likeness (QED) is 0.481. The predicted octanol–water partition coefficient (Wildman–Crippen LogP) is 2.47. The summed E-state index contributed by atoms with van der Waals surface area (Å²) in [6.07, 6.45) is 5.11. The molecule has 1 aromatic rings. The van der Waals surface area contributed by atoms with E-state index in [1.165, 1.54) is 12.2 Å². The molecule has 4 heteroatoms. The highest BCUT2D eigenvalue weighted by molar-refractivity contribution is 6.00. The van der Waals surface area contributed by atoms with E-state index in [9.17, 15) is 9.59 Å². The molecule has 0 radical (unpaired) electrons. The Labute approximate surface area is 119 Å². The van der Waals surface area contributed by atoms with Crippen LogP contribution in [0.2, 0.25) is 0 Å². The van der Waals surface area contributed by atoms with Crippen LogP contribution in [0.25, 0.3) is 0 Å². The smallest absolute Gasteiger partial charge is 0.250 e. The Morgan fingerprint density at radius 1 is 1.10 bits per heavy atom. The van der Waals surface area contributed by atoms with Crippen molar-refractivity contribution in [1.29, 1.82) is 0 Å². The number of nitrogens with zero attached hydrogens (tertiary/aromatic N) is 1. The van der Waals surface area contributed by atoms with E-state index in [0.717, 1.165) is 0 Å². The third kappa shape index (κ3) is 2.96. The molecular weight excluding hydrogens is 254 g/mol. The summed E-state index contributed by atoms with van der Waals surface area (Å²) in [7, 11) is 3.02. The highest BCUT2D eigenvalue weighted by atomic mass is 16.7. The molecule has 0 bridgehead atoms. The predicted molar refractivity (Wildman–Crippen MR) is 75.9 cm³/mol. The van der Waals surface area contributed by atoms with Crippen LogP contribution < -0.4 is 0 Å². The third-order valence-corrected chi connectivity index (χ3v) is 3.73. The SMILES string of the molecule is CON(C)C(=O)[C@H]1CC=CC[C@H]1C(=O)c1ccccc1. The molecule has 20 heavy (non-hydrogen) atoms. The van der Waals surface area contributed by atoms with Crippen molar-refractivity contribution < 1.29 is 14.4 Å². The first kappa shape index (κ1) is 14.5. The fourth-order valence-electron chi connectivity index (χ4n) is 2.52. The summed E-state index contributed by atoms with van der Waals surface area (Å²) in [6.45, 7) is 0. The summed E-state index contributed by atoms with van der Waals surface area (Å²) in [5.41, 5.74) is 0.658. The van der Waals surface area contributed by atoms with E-state index in [4.69, 9.17) is 4.84 Å². The molecule has 2 atom stereocenters. The van der Waals surface area contributed by atoms with Gasteiger partial charge in [-0.3, -0.25) is 14.4 Å². The van der Waals surface area contributed by atoms with Crippen LogP contribution in [0.4, 0.5) is 0 Å². The van der Waals surface area contributed by atoms with Crippen LogP contribution in [-0.4, -0.2) is 30.9 Å². The number of carbonyl (C=O) groups is 2. The maximum absolute atomic E-state index is 12.6. The first-order valence-electron chi connectivity index (χ1n) is 6.71. The van der Waals surface area contributed by atoms with E-state index in [0.29, 0.717) is 18.4 Å². The van der Waals surface area contributed by atoms with Gasteiger partial charge in [-0.1, -0.05) is 42.5 Å². The lowest BCUT2D eigenvalue weighted by molar-refractivity contribution is -0.174. The van der Waals surface area contributed by atoms with E-state index in [1.54, 1.807) is 19.2 Å². The molecule has 0 saturated carbocycles. The van der Waals surface area contributed by atoms with Gasteiger partial charge < -0.3 is 0 Å². The van der Waals surface area contributed by atoms with E-state index in [1.807, 2.05) is 30.4 Å². The van der Waals surface area contributed by atoms with E-state index in [2.05, 4.69) is 0 Å². The summed E-state index contributed by atoms with van der Waals surface area (Å²) >= 11 is 0. The van der Waals surface area contributed by atoms with Crippen molar-refractivity contribution in [3.8, 4) is 0 Å². The number of carbonyl (C=O) groups excluding carboxylic acids is 2. The number of hydrogen-bond donors (Lipinski definition) is 0. The molecule has 0 aliphatic heterocycles. The molecule has 0 N–H and O–H groups in total. The summed E-state index contributed by atoms with van der Waals surface area (Å²) in [6, 6.07) is 9.14. The lowest BCUT2D eigenvalue weighted by Crippen LogP contribution is -2.39. The Balaban J connectivity index is 2.22. The van der Waals surface area contributed by atoms with Crippen molar-refractivity contribution in [3.63, 3.8) is 0 Å². The van der Waals surface area contributed by atoms with Crippen LogP contribution in [0.3, 0.4) is 0 Å². The van der Waals surface area contributed by atoms with Crippen molar-refractivity contribution in [1.82, 2.24) is 5.06 Å². The van der Waals surface area contributed by atoms with Gasteiger partial charge in [-0.15, -0.1) is 0 Å². The van der Waals surface area contributed by atoms with Gasteiger partial charge in [-0.05, 0) is 12.8 Å². The first-order chi connectivity index (χ1) is 9.65. The molecule has 0 saturated heterocycles. The number of rotatable bonds is 4. The largest absolute Gasteiger partial charge is 0.294 e. The molecular formula is C16H19NO3. The molecule has 106 valence electrons. The van der Waals surface area contributed by atoms with Crippen LogP contribution in [0, 0.1) is 11.8 Å². The van der Waals surface area contributed by atoms with Crippen LogP contribution in [0.1, 0.15) is 23.2 Å². The molecule has 1 aromatic carbocycles. The maximum Gasteiger partial charge on any atom is 0.250 e. The second-order valence-corrected chi connectivity index (χ2v) is 4.90. The second-order valence-electron chi connectivity index (χ2n) is 4.90. The highest BCUT2D eigenvalue weighted by Crippen LogP contribution is 2.30. The monoisotopic (exact) mass is 273 g/mol. The van der Waals surface area contributed by atoms with Gasteiger partial charge in [0.15, 0.2) is 5.78 Å². The van der Waals surface area contributed by atoms with Crippen molar-refractivity contribution in [3.05, 3.63) is 48.0 Å². The molecule has 1 aliphatic rings. The molecule has 1 aliphatic carbocycles. The zero-order valence-corrected chi connectivity index (χ0v) is 11.8. The maximum atomic E-state index is 12.6. The summed E-state index contributed by atoms with van der Waals surface area (Å²) in [5.74, 6) is -0.783. The minimum Gasteiger partial charge on any atom is -0.294 e. The molecule has 1 amide bonds. The summed E-state index contributed by atoms with van der Waals surface area (Å²) in [5, 5.41) is 1.20. The van der Waals surface area contributed by atoms with Gasteiger partial charge in [0.25, 0.3) is 0 Å². The second kappa shape index (κ2) is 6.48. The number of hydrogen-bond acceptors (Lipinski definition) is 3. The molecule has 0 unspecified atom stereocenters. The van der Waals surface area contributed by atoms with E-state index in [-0.39, 0.29) is 23.5 Å². The van der Waals surface area contributed by atoms with Gasteiger partial charge in [0.05, 0.1) is 13.0 Å². The Morgan fingerprint density at radius 3 is 2.30 bits per heavy atom. The van der Waals surface area contributed by atoms with Crippen molar-refractivity contribution in [2.75, 3.05) is 14.2 Å². The first-order valence-corrected chi connectivity index (χ1v) is 6.71. The molecule has 0 aromatic heterocycles. The third-order valence-electron chi connectivity index (χ3n) is 3.73. The minimum absolute atomic E-state index is 0.0257. The molecule has 2 rings (SSSR count). The Morgan fingerprint density at radius 2 is 1.70 bits per heavy atom. The average Bonchev–Trinajstić information content (AvgIpc) is 2.53. The van der Waals surface area contributed by atoms with Crippen molar-refractivity contribution >= 4 is 11.7 Å². The van der Waals surface area contributed by atoms with Gasteiger partial charge in [-0.25, -0.2) is 5.06 Å². The van der Waals surface area contributed by atoms with Crippen LogP contribution in [0.15, 0.2) is 42.5 Å². The van der Waals surface area contributed by atoms with E-state index >= 15 is 0 Å². The topological polar surface area (TPSA) is 46.6 Å². The zero-order chi connectivity index (χ0) is 14.5. The fraction of sp³-hybridized carbons (Fsp3) is 0.375. The highest BCUT2D eigenvalue weighted by Gasteiger charge is 2.36. The molecule has 0 spiro atoms. The van der Waals surface area contributed by atoms with Gasteiger partial charge in [0, 0.05) is 18.5 Å². The normalized spacial score (nSPS) is 21.5. The Hall–Kier alpha value is -1.94. The Bertz CT molecular complexity index is 510. The van der Waals surface area contributed by atoms with Crippen molar-refractivity contribution in [2.24, 2.45) is 11.8 Å². The number of ketones is 1. The van der Waals surface area contributed by atoms with E-state index < -0.39 is 0 Å². The van der Waals surface area contributed by atoms with Gasteiger partial charge >= 0.3 is 0 Å². The molecule has 0 fully saturated rings. The Kier molecular flexibility index (Phi) is 4.69. The number of hydroxylamine groups is 2. The van der Waals surface area contributed by atoms with Crippen molar-refractivity contribution in [2.45, 2.75) is 12.8 Å². The lowest BCUT2D eigenvalue weighted by atomic mass is 9.78. The van der Waals surface area contributed by atoms with Gasteiger partial charge in [-0.2, -0.15) is 0 Å². The van der Waals surface area contributed by atoms with Gasteiger partial charge in [0.1, 0.15) is 0 Å². The van der Waals surface area contributed by atoms with Crippen LogP contribution >= 0.6 is 0 Å². The van der Waals surface area contributed by atoms with Gasteiger partial charge in [0.2, 0.25) is 5.91 Å². The molecule has 4 nitrogen and oxygen atoms in total. The summed E-state index contributed by atoms with van der Waals surface area (Å²) in [4.78, 5) is 29.8. The fourth-order valence-corrected chi connectivity index (χ4v) is 2.52. The number of allylic oxidation sites excluding steroid dienone is 2. The van der Waals surface area contributed by atoms with Crippen LogP contribution in [-0.2, 0) is 9.63 Å². The average molecular weight is 273 g/mol. The number of amides is 1. The summed E-state index contributed by atoms with van der Waals surface area (Å²) < 4.78 is 0. The number of benzene rings is 1. The molecule has 0 heterocycles. The lowest BCUT2D eigenvalue weighted by Gasteiger charge is -2.29. The zero-order valence-electron chi connectivity index (χ0n) is 11.8. The van der Waals surface area contributed by atoms with Crippen LogP contribution in [0.5, 0.6) is 0 Å². The minimum atomic E-state index is -0.349. The number of Topliss-reactive ketones (excluding diaryl/α,β-unsaturated/α-hetero) is 1. The standard InChI is InChI=1S/C16H19NO3/c1-17(20-2)16(19)14-11-7-6-10-13(14)15(18)12-8-4-3-5-9-12/h3-9,13-14H,10-11H2,1-2H3/t13-,14+/m1/s1.